The molecular formula is C27H38N6O9S2. The lowest BCUT2D eigenvalue weighted by molar-refractivity contribution is -0.384. The number of non-ortho nitro benzene ring substituents is 1. The zero-order chi connectivity index (χ0) is 32.2. The fourth-order valence-corrected chi connectivity index (χ4v) is 6.87. The van der Waals surface area contributed by atoms with Crippen LogP contribution in [0, 0.1) is 10.1 Å². The number of carbonyl (C=O) groups excluding carboxylic acids is 1. The van der Waals surface area contributed by atoms with Crippen LogP contribution in [0.15, 0.2) is 71.0 Å². The highest BCUT2D eigenvalue weighted by molar-refractivity contribution is 7.89. The molecule has 0 bridgehead atoms. The summed E-state index contributed by atoms with van der Waals surface area (Å²) in [7, 11) is -7.26. The number of nitro groups is 1. The maximum Gasteiger partial charge on any atom is 0.269 e. The number of rotatable bonds is 12. The third-order valence-electron chi connectivity index (χ3n) is 6.64. The first-order chi connectivity index (χ1) is 21.0. The highest BCUT2D eigenvalue weighted by Crippen LogP contribution is 2.21. The van der Waals surface area contributed by atoms with Crippen LogP contribution in [0.5, 0.6) is 0 Å². The molecule has 0 saturated carbocycles. The van der Waals surface area contributed by atoms with Crippen LogP contribution in [0.3, 0.4) is 0 Å². The average Bonchev–Trinajstić information content (AvgIpc) is 3.03. The van der Waals surface area contributed by atoms with Crippen molar-refractivity contribution < 1.29 is 36.0 Å². The molecule has 2 aliphatic heterocycles. The Bertz CT molecular complexity index is 1460. The van der Waals surface area contributed by atoms with E-state index in [9.17, 15) is 31.7 Å². The van der Waals surface area contributed by atoms with Gasteiger partial charge in [0.05, 0.1) is 41.1 Å². The molecule has 0 aromatic heterocycles. The van der Waals surface area contributed by atoms with Gasteiger partial charge in [-0.25, -0.2) is 26.6 Å². The van der Waals surface area contributed by atoms with Crippen LogP contribution in [0.25, 0.3) is 0 Å². The normalized spacial score (nSPS) is 16.5. The Morgan fingerprint density at radius 3 is 2.02 bits per heavy atom. The SMILES string of the molecule is C=CC(=O)Nc1ccc(S(=O)(=O)N(CC)N2CCOCC2)cc1.O=[N+]([O-])c1ccc(S(=O)(=O)NCCN2CCOCC2)cc1. The largest absolute Gasteiger partial charge is 0.379 e. The van der Waals surface area contributed by atoms with E-state index in [0.717, 1.165) is 19.2 Å². The molecule has 2 aromatic carbocycles. The van der Waals surface area contributed by atoms with Crippen molar-refractivity contribution in [1.82, 2.24) is 19.0 Å². The Balaban J connectivity index is 0.000000241. The van der Waals surface area contributed by atoms with Crippen LogP contribution in [0.2, 0.25) is 0 Å². The van der Waals surface area contributed by atoms with Crippen molar-refractivity contribution in [3.63, 3.8) is 0 Å². The number of hydrogen-bond donors (Lipinski definition) is 2. The number of nitrogens with zero attached hydrogens (tertiary/aromatic N) is 4. The van der Waals surface area contributed by atoms with E-state index in [1.165, 1.54) is 40.8 Å². The molecule has 0 unspecified atom stereocenters. The topological polar surface area (TPSA) is 181 Å². The average molecular weight is 655 g/mol. The quantitative estimate of drug-likeness (QED) is 0.191. The monoisotopic (exact) mass is 654 g/mol. The number of nitro benzene ring substituents is 1. The van der Waals surface area contributed by atoms with E-state index >= 15 is 0 Å². The van der Waals surface area contributed by atoms with Gasteiger partial charge in [-0.1, -0.05) is 6.58 Å². The van der Waals surface area contributed by atoms with Gasteiger partial charge in [0.2, 0.25) is 15.9 Å². The number of morpholine rings is 2. The minimum atomic E-state index is -3.63. The van der Waals surface area contributed by atoms with Crippen molar-refractivity contribution in [3.05, 3.63) is 71.3 Å². The number of hydrogen-bond acceptors (Lipinski definition) is 11. The van der Waals surface area contributed by atoms with Gasteiger partial charge < -0.3 is 14.8 Å². The van der Waals surface area contributed by atoms with Gasteiger partial charge in [-0.3, -0.25) is 19.8 Å². The number of anilines is 1. The van der Waals surface area contributed by atoms with Gasteiger partial charge in [-0.2, -0.15) is 0 Å². The first-order valence-electron chi connectivity index (χ1n) is 13.9. The molecule has 242 valence electrons. The van der Waals surface area contributed by atoms with Crippen LogP contribution in [0.4, 0.5) is 11.4 Å². The molecule has 44 heavy (non-hydrogen) atoms. The molecule has 0 spiro atoms. The van der Waals surface area contributed by atoms with E-state index in [1.807, 2.05) is 0 Å². The summed E-state index contributed by atoms with van der Waals surface area (Å²) in [6.45, 7) is 11.4. The molecule has 2 aromatic rings. The molecule has 15 nitrogen and oxygen atoms in total. The smallest absolute Gasteiger partial charge is 0.269 e. The minimum Gasteiger partial charge on any atom is -0.379 e. The lowest BCUT2D eigenvalue weighted by Crippen LogP contribution is -2.51. The third-order valence-corrected chi connectivity index (χ3v) is 10.0. The predicted octanol–water partition coefficient (Wildman–Crippen LogP) is 1.27. The van der Waals surface area contributed by atoms with Crippen molar-refractivity contribution in [2.24, 2.45) is 0 Å². The van der Waals surface area contributed by atoms with Crippen LogP contribution in [-0.2, 0) is 34.3 Å². The predicted molar refractivity (Wildman–Crippen MR) is 163 cm³/mol. The van der Waals surface area contributed by atoms with Crippen LogP contribution in [-0.4, -0.2) is 114 Å². The number of sulfonamides is 2. The summed E-state index contributed by atoms with van der Waals surface area (Å²) in [6, 6.07) is 10.9. The molecule has 2 saturated heterocycles. The molecule has 2 fully saturated rings. The second-order valence-corrected chi connectivity index (χ2v) is 13.1. The summed E-state index contributed by atoms with van der Waals surface area (Å²) in [4.78, 5) is 23.5. The van der Waals surface area contributed by atoms with Gasteiger partial charge >= 0.3 is 0 Å². The fourth-order valence-electron chi connectivity index (χ4n) is 4.32. The number of ether oxygens (including phenoxy) is 2. The molecule has 2 N–H and O–H groups in total. The van der Waals surface area contributed by atoms with Gasteiger partial charge in [0.15, 0.2) is 0 Å². The number of benzene rings is 2. The summed E-state index contributed by atoms with van der Waals surface area (Å²) in [5.41, 5.74) is 0.380. The molecule has 4 rings (SSSR count). The molecule has 0 radical (unpaired) electrons. The Hall–Kier alpha value is -3.29. The number of nitrogens with one attached hydrogen (secondary N) is 2. The van der Waals surface area contributed by atoms with E-state index in [0.29, 0.717) is 64.8 Å². The summed E-state index contributed by atoms with van der Waals surface area (Å²) < 4.78 is 64.0. The molecule has 0 aliphatic carbocycles. The summed E-state index contributed by atoms with van der Waals surface area (Å²) in [5.74, 6) is -0.343. The van der Waals surface area contributed by atoms with Gasteiger partial charge in [-0.15, -0.1) is 4.41 Å². The highest BCUT2D eigenvalue weighted by Gasteiger charge is 2.29. The lowest BCUT2D eigenvalue weighted by atomic mass is 10.3. The van der Waals surface area contributed by atoms with Crippen molar-refractivity contribution in [2.45, 2.75) is 16.7 Å². The number of hydrazine groups is 1. The molecule has 2 aliphatic rings. The Morgan fingerprint density at radius 2 is 1.50 bits per heavy atom. The zero-order valence-corrected chi connectivity index (χ0v) is 26.1. The van der Waals surface area contributed by atoms with Crippen molar-refractivity contribution in [2.75, 3.05) is 77.6 Å². The van der Waals surface area contributed by atoms with Crippen molar-refractivity contribution in [3.8, 4) is 0 Å². The first kappa shape index (κ1) is 35.2. The fraction of sp³-hybridized carbons (Fsp3) is 0.444. The zero-order valence-electron chi connectivity index (χ0n) is 24.5. The summed E-state index contributed by atoms with van der Waals surface area (Å²) in [5, 5.41) is 14.9. The van der Waals surface area contributed by atoms with Crippen molar-refractivity contribution >= 4 is 37.3 Å². The van der Waals surface area contributed by atoms with Gasteiger partial charge in [-0.05, 0) is 49.4 Å². The van der Waals surface area contributed by atoms with Crippen LogP contribution < -0.4 is 10.0 Å². The number of amides is 1. The molecule has 1 amide bonds. The van der Waals surface area contributed by atoms with Gasteiger partial charge in [0.25, 0.3) is 15.7 Å². The van der Waals surface area contributed by atoms with Gasteiger partial charge in [0.1, 0.15) is 0 Å². The molecule has 2 heterocycles. The molecule has 17 heteroatoms. The third kappa shape index (κ3) is 10.1. The molecule has 0 atom stereocenters. The van der Waals surface area contributed by atoms with E-state index < -0.39 is 25.0 Å². The maximum atomic E-state index is 12.8. The highest BCUT2D eigenvalue weighted by atomic mass is 32.2. The van der Waals surface area contributed by atoms with E-state index in [2.05, 4.69) is 21.5 Å². The summed E-state index contributed by atoms with van der Waals surface area (Å²) >= 11 is 0. The Labute approximate surface area is 257 Å². The first-order valence-corrected chi connectivity index (χ1v) is 16.8. The van der Waals surface area contributed by atoms with Crippen LogP contribution in [0.1, 0.15) is 6.92 Å². The van der Waals surface area contributed by atoms with E-state index in [1.54, 1.807) is 24.1 Å². The lowest BCUT2D eigenvalue weighted by Gasteiger charge is -2.35. The summed E-state index contributed by atoms with van der Waals surface area (Å²) in [6.07, 6.45) is 1.15. The number of carbonyl (C=O) groups is 1. The Morgan fingerprint density at radius 1 is 0.955 bits per heavy atom. The van der Waals surface area contributed by atoms with E-state index in [-0.39, 0.29) is 21.4 Å². The standard InChI is InChI=1S/C15H21N3O4S.C12H17N3O5S/c1-3-15(19)16-13-5-7-14(8-6-13)23(20,21)18(4-2)17-9-11-22-12-10-17;16-15(17)11-1-3-12(4-2-11)21(18,19)13-5-6-14-7-9-20-10-8-14/h3,5-8H,1,4,9-12H2,2H3,(H,16,19);1-4,13H,5-10H2. The van der Waals surface area contributed by atoms with E-state index in [4.69, 9.17) is 9.47 Å². The molecular weight excluding hydrogens is 616 g/mol. The minimum absolute atomic E-state index is 0.0232. The van der Waals surface area contributed by atoms with Crippen molar-refractivity contribution in [1.29, 1.82) is 0 Å². The maximum absolute atomic E-state index is 12.8. The Kier molecular flexibility index (Phi) is 13.3. The second-order valence-electron chi connectivity index (χ2n) is 9.53. The van der Waals surface area contributed by atoms with Gasteiger partial charge in [0, 0.05) is 63.6 Å². The van der Waals surface area contributed by atoms with Crippen LogP contribution >= 0.6 is 0 Å². The second kappa shape index (κ2) is 16.7.